The number of hydrogen-bond acceptors (Lipinski definition) is 2. The normalized spacial score (nSPS) is 19.0. The number of rotatable bonds is 5. The van der Waals surface area contributed by atoms with Crippen molar-refractivity contribution >= 4 is 22.9 Å². The van der Waals surface area contributed by atoms with Crippen molar-refractivity contribution in [2.75, 3.05) is 5.32 Å². The van der Waals surface area contributed by atoms with Gasteiger partial charge in [-0.15, -0.1) is 0 Å². The Kier molecular flexibility index (Phi) is 3.02. The van der Waals surface area contributed by atoms with E-state index in [1.807, 2.05) is 12.1 Å². The highest BCUT2D eigenvalue weighted by molar-refractivity contribution is 7.80. The summed E-state index contributed by atoms with van der Waals surface area (Å²) in [5.74, 6) is 1.74. The van der Waals surface area contributed by atoms with E-state index in [0.717, 1.165) is 23.1 Å². The lowest BCUT2D eigenvalue weighted by atomic mass is 10.0. The summed E-state index contributed by atoms with van der Waals surface area (Å²) in [6.07, 6.45) is 5.51. The van der Waals surface area contributed by atoms with Crippen LogP contribution in [0, 0.1) is 18.8 Å². The van der Waals surface area contributed by atoms with Crippen LogP contribution in [0.25, 0.3) is 0 Å². The fourth-order valence-electron chi connectivity index (χ4n) is 2.76. The van der Waals surface area contributed by atoms with Crippen LogP contribution in [0.1, 0.15) is 36.8 Å². The molecule has 3 N–H and O–H groups in total. The van der Waals surface area contributed by atoms with E-state index >= 15 is 0 Å². The predicted octanol–water partition coefficient (Wildman–Crippen LogP) is 3.23. The zero-order valence-corrected chi connectivity index (χ0v) is 11.6. The van der Waals surface area contributed by atoms with E-state index in [4.69, 9.17) is 18.0 Å². The molecule has 2 aliphatic rings. The van der Waals surface area contributed by atoms with Gasteiger partial charge in [0.1, 0.15) is 4.99 Å². The van der Waals surface area contributed by atoms with E-state index in [2.05, 4.69) is 18.3 Å². The molecule has 18 heavy (non-hydrogen) atoms. The average Bonchev–Trinajstić information content (AvgIpc) is 3.19. The number of thiocarbonyl (C=S) groups is 1. The third kappa shape index (κ3) is 2.37. The number of nitrogens with two attached hydrogens (primary N) is 1. The average molecular weight is 260 g/mol. The summed E-state index contributed by atoms with van der Waals surface area (Å²) < 4.78 is 0. The Balaban J connectivity index is 1.88. The van der Waals surface area contributed by atoms with Gasteiger partial charge in [-0.25, -0.2) is 0 Å². The summed E-state index contributed by atoms with van der Waals surface area (Å²) in [5.41, 5.74) is 9.23. The highest BCUT2D eigenvalue weighted by Gasteiger charge is 2.41. The van der Waals surface area contributed by atoms with Crippen LogP contribution in [0.5, 0.6) is 0 Å². The Hall–Kier alpha value is -1.09. The van der Waals surface area contributed by atoms with Crippen LogP contribution in [0.3, 0.4) is 0 Å². The fraction of sp³-hybridized carbons (Fsp3) is 0.533. The van der Waals surface area contributed by atoms with Gasteiger partial charge in [0, 0.05) is 17.3 Å². The number of aryl methyl sites for hydroxylation is 1. The van der Waals surface area contributed by atoms with Crippen molar-refractivity contribution in [1.82, 2.24) is 0 Å². The smallest absolute Gasteiger partial charge is 0.106 e. The molecule has 0 saturated heterocycles. The first kappa shape index (κ1) is 12.0. The molecule has 2 aliphatic carbocycles. The van der Waals surface area contributed by atoms with Crippen LogP contribution in [-0.2, 0) is 0 Å². The summed E-state index contributed by atoms with van der Waals surface area (Å²) in [5, 5.41) is 3.75. The Morgan fingerprint density at radius 3 is 2.39 bits per heavy atom. The lowest BCUT2D eigenvalue weighted by Gasteiger charge is -2.22. The van der Waals surface area contributed by atoms with Crippen molar-refractivity contribution in [1.29, 1.82) is 0 Å². The Bertz CT molecular complexity index is 463. The van der Waals surface area contributed by atoms with Crippen molar-refractivity contribution in [3.05, 3.63) is 29.3 Å². The van der Waals surface area contributed by atoms with Crippen molar-refractivity contribution in [3.8, 4) is 0 Å². The minimum Gasteiger partial charge on any atom is -0.389 e. The Labute approximate surface area is 114 Å². The van der Waals surface area contributed by atoms with Crippen LogP contribution in [0.15, 0.2) is 18.2 Å². The molecule has 3 rings (SSSR count). The number of hydrogen-bond donors (Lipinski definition) is 2. The predicted molar refractivity (Wildman–Crippen MR) is 79.9 cm³/mol. The molecule has 0 unspecified atom stereocenters. The van der Waals surface area contributed by atoms with E-state index in [1.54, 1.807) is 0 Å². The zero-order valence-electron chi connectivity index (χ0n) is 10.8. The first-order valence-electron chi connectivity index (χ1n) is 6.83. The SMILES string of the molecule is Cc1cccc(C(N)=S)c1NC(C1CC1)C1CC1. The summed E-state index contributed by atoms with van der Waals surface area (Å²) in [7, 11) is 0. The van der Waals surface area contributed by atoms with Gasteiger partial charge in [-0.3, -0.25) is 0 Å². The first-order valence-corrected chi connectivity index (χ1v) is 7.23. The van der Waals surface area contributed by atoms with Gasteiger partial charge in [-0.05, 0) is 56.1 Å². The van der Waals surface area contributed by atoms with Gasteiger partial charge in [-0.2, -0.15) is 0 Å². The molecule has 96 valence electrons. The molecule has 1 aromatic carbocycles. The molecule has 0 amide bonds. The lowest BCUT2D eigenvalue weighted by molar-refractivity contribution is 0.567. The van der Waals surface area contributed by atoms with Crippen molar-refractivity contribution in [2.24, 2.45) is 17.6 Å². The topological polar surface area (TPSA) is 38.0 Å². The summed E-state index contributed by atoms with van der Waals surface area (Å²) in [6.45, 7) is 2.13. The van der Waals surface area contributed by atoms with Gasteiger partial charge in [0.05, 0.1) is 0 Å². The molecule has 0 radical (unpaired) electrons. The molecular formula is C15H20N2S. The van der Waals surface area contributed by atoms with Crippen LogP contribution in [-0.4, -0.2) is 11.0 Å². The molecule has 0 aliphatic heterocycles. The molecule has 0 atom stereocenters. The summed E-state index contributed by atoms with van der Waals surface area (Å²) in [4.78, 5) is 0.492. The molecule has 0 bridgehead atoms. The van der Waals surface area contributed by atoms with E-state index in [9.17, 15) is 0 Å². The third-order valence-corrected chi connectivity index (χ3v) is 4.33. The van der Waals surface area contributed by atoms with Crippen LogP contribution in [0.4, 0.5) is 5.69 Å². The third-order valence-electron chi connectivity index (χ3n) is 4.11. The maximum atomic E-state index is 5.83. The zero-order chi connectivity index (χ0) is 12.7. The van der Waals surface area contributed by atoms with Crippen molar-refractivity contribution in [3.63, 3.8) is 0 Å². The van der Waals surface area contributed by atoms with E-state index in [1.165, 1.54) is 31.2 Å². The second-order valence-electron chi connectivity index (χ2n) is 5.71. The van der Waals surface area contributed by atoms with Crippen LogP contribution < -0.4 is 11.1 Å². The molecule has 1 aromatic rings. The highest BCUT2D eigenvalue weighted by atomic mass is 32.1. The molecule has 2 fully saturated rings. The maximum Gasteiger partial charge on any atom is 0.106 e. The fourth-order valence-corrected chi connectivity index (χ4v) is 2.93. The molecule has 0 heterocycles. The number of nitrogens with one attached hydrogen (secondary N) is 1. The standard InChI is InChI=1S/C15H20N2S/c1-9-3-2-4-12(15(16)18)13(9)17-14(10-5-6-10)11-7-8-11/h2-4,10-11,14,17H,5-8H2,1H3,(H2,16,18). The van der Waals surface area contributed by atoms with Gasteiger partial charge >= 0.3 is 0 Å². The molecule has 0 spiro atoms. The van der Waals surface area contributed by atoms with Gasteiger partial charge in [0.2, 0.25) is 0 Å². The molecule has 2 saturated carbocycles. The molecular weight excluding hydrogens is 240 g/mol. The molecule has 2 nitrogen and oxygen atoms in total. The van der Waals surface area contributed by atoms with Gasteiger partial charge in [-0.1, -0.05) is 24.4 Å². The lowest BCUT2D eigenvalue weighted by Crippen LogP contribution is -2.26. The van der Waals surface area contributed by atoms with Crippen LogP contribution >= 0.6 is 12.2 Å². The Morgan fingerprint density at radius 1 is 1.28 bits per heavy atom. The van der Waals surface area contributed by atoms with Crippen LogP contribution in [0.2, 0.25) is 0 Å². The number of para-hydroxylation sites is 1. The van der Waals surface area contributed by atoms with E-state index in [-0.39, 0.29) is 0 Å². The second-order valence-corrected chi connectivity index (χ2v) is 6.15. The Morgan fingerprint density at radius 2 is 1.89 bits per heavy atom. The second kappa shape index (κ2) is 4.54. The quantitative estimate of drug-likeness (QED) is 0.798. The van der Waals surface area contributed by atoms with Crippen molar-refractivity contribution < 1.29 is 0 Å². The minimum atomic E-state index is 0.492. The summed E-state index contributed by atoms with van der Waals surface area (Å²) >= 11 is 5.16. The van der Waals surface area contributed by atoms with Gasteiger partial charge in [0.25, 0.3) is 0 Å². The largest absolute Gasteiger partial charge is 0.389 e. The van der Waals surface area contributed by atoms with Gasteiger partial charge in [0.15, 0.2) is 0 Å². The highest BCUT2D eigenvalue weighted by Crippen LogP contribution is 2.46. The van der Waals surface area contributed by atoms with Gasteiger partial charge < -0.3 is 11.1 Å². The van der Waals surface area contributed by atoms with E-state index in [0.29, 0.717) is 11.0 Å². The van der Waals surface area contributed by atoms with E-state index < -0.39 is 0 Å². The molecule has 0 aromatic heterocycles. The summed E-state index contributed by atoms with van der Waals surface area (Å²) in [6, 6.07) is 6.81. The first-order chi connectivity index (χ1) is 8.66. The minimum absolute atomic E-state index is 0.492. The monoisotopic (exact) mass is 260 g/mol. The number of benzene rings is 1. The molecule has 3 heteroatoms. The number of anilines is 1. The van der Waals surface area contributed by atoms with Crippen molar-refractivity contribution in [2.45, 2.75) is 38.6 Å². The maximum absolute atomic E-state index is 5.83.